The van der Waals surface area contributed by atoms with Crippen LogP contribution in [-0.4, -0.2) is 25.8 Å². The molecule has 0 bridgehead atoms. The molecule has 1 aromatic carbocycles. The Morgan fingerprint density at radius 3 is 2.72 bits per heavy atom. The molecule has 5 heteroatoms. The number of halogens is 3. The highest BCUT2D eigenvalue weighted by molar-refractivity contribution is 5.55. The first kappa shape index (κ1) is 13.1. The molecule has 98 valence electrons. The van der Waals surface area contributed by atoms with Gasteiger partial charge in [0.25, 0.3) is 0 Å². The van der Waals surface area contributed by atoms with Gasteiger partial charge < -0.3 is 10.1 Å². The van der Waals surface area contributed by atoms with Gasteiger partial charge in [-0.3, -0.25) is 0 Å². The molecule has 1 saturated heterocycles. The van der Waals surface area contributed by atoms with E-state index in [9.17, 15) is 13.2 Å². The molecule has 2 nitrogen and oxygen atoms in total. The minimum absolute atomic E-state index is 0.0277. The molecule has 1 aliphatic heterocycles. The van der Waals surface area contributed by atoms with Crippen molar-refractivity contribution < 1.29 is 17.9 Å². The lowest BCUT2D eigenvalue weighted by atomic mass is 10.1. The van der Waals surface area contributed by atoms with E-state index in [1.165, 1.54) is 18.2 Å². The average Bonchev–Trinajstić information content (AvgIpc) is 2.37. The zero-order valence-corrected chi connectivity index (χ0v) is 9.70. The molecule has 0 radical (unpaired) electrons. The molecule has 1 heterocycles. The summed E-state index contributed by atoms with van der Waals surface area (Å²) in [6.45, 7) is 1.85. The molecule has 0 amide bonds. The van der Waals surface area contributed by atoms with Gasteiger partial charge in [0.15, 0.2) is 0 Å². The number of hydrogen-bond donors (Lipinski definition) is 1. The summed E-state index contributed by atoms with van der Waals surface area (Å²) in [5.41, 5.74) is -0.435. The number of rotatable bonds is 2. The Hall–Kier alpha value is -1.33. The topological polar surface area (TPSA) is 21.3 Å². The molecule has 0 saturated carbocycles. The number of benzene rings is 1. The molecule has 2 rings (SSSR count). The van der Waals surface area contributed by atoms with Crippen molar-refractivity contribution in [3.8, 4) is 0 Å². The second-order valence-corrected chi connectivity index (χ2v) is 4.08. The van der Waals surface area contributed by atoms with Gasteiger partial charge >= 0.3 is 6.18 Å². The largest absolute Gasteiger partial charge is 0.416 e. The van der Waals surface area contributed by atoms with Gasteiger partial charge in [-0.25, -0.2) is 0 Å². The number of alkyl halides is 3. The molecule has 1 fully saturated rings. The van der Waals surface area contributed by atoms with Crippen molar-refractivity contribution in [2.45, 2.75) is 12.2 Å². The van der Waals surface area contributed by atoms with Gasteiger partial charge in [-0.15, -0.1) is 0 Å². The zero-order valence-electron chi connectivity index (χ0n) is 9.70. The molecule has 1 aromatic rings. The maximum Gasteiger partial charge on any atom is 0.416 e. The summed E-state index contributed by atoms with van der Waals surface area (Å²) in [5.74, 6) is 0. The molecule has 18 heavy (non-hydrogen) atoms. The Bertz CT molecular complexity index is 422. The summed E-state index contributed by atoms with van der Waals surface area (Å²) in [7, 11) is 0. The van der Waals surface area contributed by atoms with Crippen LogP contribution in [0.2, 0.25) is 0 Å². The lowest BCUT2D eigenvalue weighted by Gasteiger charge is -2.20. The standard InChI is InChI=1S/C13H14F3NO/c14-13(15,16)12-4-2-1-3-10(12)5-6-11-9-18-8-7-17-11/h1-6,11,17H,7-9H2/b6-5+. The van der Waals surface area contributed by atoms with Crippen LogP contribution in [0.1, 0.15) is 11.1 Å². The fraction of sp³-hybridized carbons (Fsp3) is 0.385. The average molecular weight is 257 g/mol. The second kappa shape index (κ2) is 5.54. The number of hydrogen-bond acceptors (Lipinski definition) is 2. The van der Waals surface area contributed by atoms with Crippen molar-refractivity contribution in [2.75, 3.05) is 19.8 Å². The van der Waals surface area contributed by atoms with Gasteiger partial charge in [0.05, 0.1) is 18.8 Å². The molecule has 0 aromatic heterocycles. The minimum Gasteiger partial charge on any atom is -0.378 e. The van der Waals surface area contributed by atoms with Crippen LogP contribution in [0.25, 0.3) is 6.08 Å². The Morgan fingerprint density at radius 2 is 2.06 bits per heavy atom. The van der Waals surface area contributed by atoms with E-state index >= 15 is 0 Å². The van der Waals surface area contributed by atoms with Crippen LogP contribution < -0.4 is 5.32 Å². The van der Waals surface area contributed by atoms with Gasteiger partial charge in [0, 0.05) is 12.6 Å². The Labute approximate surface area is 103 Å². The SMILES string of the molecule is FC(F)(F)c1ccccc1/C=C/C1COCCN1. The van der Waals surface area contributed by atoms with E-state index in [0.29, 0.717) is 13.2 Å². The monoisotopic (exact) mass is 257 g/mol. The molecule has 1 unspecified atom stereocenters. The second-order valence-electron chi connectivity index (χ2n) is 4.08. The smallest absolute Gasteiger partial charge is 0.378 e. The molecular weight excluding hydrogens is 243 g/mol. The summed E-state index contributed by atoms with van der Waals surface area (Å²) < 4.78 is 43.5. The first-order valence-electron chi connectivity index (χ1n) is 5.73. The minimum atomic E-state index is -4.32. The molecule has 1 atom stereocenters. The van der Waals surface area contributed by atoms with Crippen LogP contribution in [0.4, 0.5) is 13.2 Å². The van der Waals surface area contributed by atoms with Crippen LogP contribution in [0.5, 0.6) is 0 Å². The van der Waals surface area contributed by atoms with Gasteiger partial charge in [-0.2, -0.15) is 13.2 Å². The summed E-state index contributed by atoms with van der Waals surface area (Å²) in [4.78, 5) is 0. The molecule has 0 aliphatic carbocycles. The van der Waals surface area contributed by atoms with Crippen molar-refractivity contribution in [1.82, 2.24) is 5.32 Å². The number of ether oxygens (including phenoxy) is 1. The Morgan fingerprint density at radius 1 is 1.28 bits per heavy atom. The van der Waals surface area contributed by atoms with Gasteiger partial charge in [0.2, 0.25) is 0 Å². The third-order valence-electron chi connectivity index (χ3n) is 2.72. The predicted octanol–water partition coefficient (Wildman–Crippen LogP) is 2.71. The van der Waals surface area contributed by atoms with Gasteiger partial charge in [0.1, 0.15) is 0 Å². The zero-order chi connectivity index (χ0) is 13.0. The van der Waals surface area contributed by atoms with Crippen LogP contribution in [0, 0.1) is 0 Å². The van der Waals surface area contributed by atoms with Crippen LogP contribution in [0.3, 0.4) is 0 Å². The number of morpholine rings is 1. The summed E-state index contributed by atoms with van der Waals surface area (Å²) >= 11 is 0. The van der Waals surface area contributed by atoms with Crippen LogP contribution >= 0.6 is 0 Å². The highest BCUT2D eigenvalue weighted by atomic mass is 19.4. The normalized spacial score (nSPS) is 21.4. The van der Waals surface area contributed by atoms with Gasteiger partial charge in [-0.05, 0) is 11.6 Å². The Balaban J connectivity index is 2.15. The lowest BCUT2D eigenvalue weighted by molar-refractivity contribution is -0.137. The van der Waals surface area contributed by atoms with Gasteiger partial charge in [-0.1, -0.05) is 30.4 Å². The quantitative estimate of drug-likeness (QED) is 0.879. The van der Waals surface area contributed by atoms with Crippen molar-refractivity contribution in [1.29, 1.82) is 0 Å². The molecular formula is C13H14F3NO. The highest BCUT2D eigenvalue weighted by Gasteiger charge is 2.32. The van der Waals surface area contributed by atoms with Crippen LogP contribution in [0.15, 0.2) is 30.3 Å². The van der Waals surface area contributed by atoms with Crippen molar-refractivity contribution in [3.63, 3.8) is 0 Å². The van der Waals surface area contributed by atoms with E-state index in [0.717, 1.165) is 12.6 Å². The number of nitrogens with one attached hydrogen (secondary N) is 1. The Kier molecular flexibility index (Phi) is 4.04. The summed E-state index contributed by atoms with van der Waals surface area (Å²) in [5, 5.41) is 3.15. The van der Waals surface area contributed by atoms with Crippen LogP contribution in [-0.2, 0) is 10.9 Å². The predicted molar refractivity (Wildman–Crippen MR) is 63.1 cm³/mol. The maximum atomic E-state index is 12.7. The van der Waals surface area contributed by atoms with Crippen molar-refractivity contribution in [2.24, 2.45) is 0 Å². The lowest BCUT2D eigenvalue weighted by Crippen LogP contribution is -2.39. The van der Waals surface area contributed by atoms with E-state index < -0.39 is 11.7 Å². The van der Waals surface area contributed by atoms with E-state index in [-0.39, 0.29) is 11.6 Å². The summed E-state index contributed by atoms with van der Waals surface area (Å²) in [6, 6.07) is 5.51. The molecule has 1 N–H and O–H groups in total. The first-order chi connectivity index (χ1) is 8.57. The summed E-state index contributed by atoms with van der Waals surface area (Å²) in [6.07, 6.45) is -1.11. The van der Waals surface area contributed by atoms with Crippen molar-refractivity contribution in [3.05, 3.63) is 41.5 Å². The third-order valence-corrected chi connectivity index (χ3v) is 2.72. The fourth-order valence-electron chi connectivity index (χ4n) is 1.83. The fourth-order valence-corrected chi connectivity index (χ4v) is 1.83. The molecule has 1 aliphatic rings. The first-order valence-corrected chi connectivity index (χ1v) is 5.73. The van der Waals surface area contributed by atoms with E-state index in [4.69, 9.17) is 4.74 Å². The van der Waals surface area contributed by atoms with E-state index in [1.54, 1.807) is 12.1 Å². The van der Waals surface area contributed by atoms with E-state index in [2.05, 4.69) is 5.32 Å². The highest BCUT2D eigenvalue weighted by Crippen LogP contribution is 2.32. The third kappa shape index (κ3) is 3.34. The van der Waals surface area contributed by atoms with Crippen molar-refractivity contribution >= 4 is 6.08 Å². The van der Waals surface area contributed by atoms with E-state index in [1.807, 2.05) is 0 Å². The molecule has 0 spiro atoms. The maximum absolute atomic E-state index is 12.7.